The molecule has 2 aromatic carbocycles. The molecular weight excluding hydrogens is 210 g/mol. The number of fused-ring (bicyclic) bond motifs is 1. The minimum atomic E-state index is 0.167. The highest BCUT2D eigenvalue weighted by molar-refractivity contribution is 5.85. The van der Waals surface area contributed by atoms with E-state index in [1.807, 2.05) is 0 Å². The summed E-state index contributed by atoms with van der Waals surface area (Å²) in [5.41, 5.74) is 7.43. The van der Waals surface area contributed by atoms with Crippen LogP contribution in [0.5, 0.6) is 0 Å². The molecule has 0 saturated heterocycles. The van der Waals surface area contributed by atoms with Gasteiger partial charge in [-0.2, -0.15) is 0 Å². The van der Waals surface area contributed by atoms with Gasteiger partial charge in [0, 0.05) is 19.8 Å². The molecule has 0 aliphatic carbocycles. The van der Waals surface area contributed by atoms with E-state index in [4.69, 9.17) is 10.5 Å². The molecule has 90 valence electrons. The van der Waals surface area contributed by atoms with Crippen LogP contribution in [0.15, 0.2) is 42.5 Å². The van der Waals surface area contributed by atoms with Gasteiger partial charge in [-0.3, -0.25) is 0 Å². The van der Waals surface area contributed by atoms with E-state index in [1.54, 1.807) is 7.11 Å². The number of methoxy groups -OCH3 is 1. The summed E-state index contributed by atoms with van der Waals surface area (Å²) in [5.74, 6) is 0. The molecule has 0 fully saturated rings. The molecule has 1 unspecified atom stereocenters. The quantitative estimate of drug-likeness (QED) is 0.855. The zero-order chi connectivity index (χ0) is 12.1. The Morgan fingerprint density at radius 1 is 1.12 bits per heavy atom. The summed E-state index contributed by atoms with van der Waals surface area (Å²) in [6.07, 6.45) is 1.81. The van der Waals surface area contributed by atoms with Crippen molar-refractivity contribution >= 4 is 10.8 Å². The van der Waals surface area contributed by atoms with E-state index in [0.717, 1.165) is 19.4 Å². The third kappa shape index (κ3) is 3.05. The second-order valence-electron chi connectivity index (χ2n) is 4.38. The molecule has 0 spiro atoms. The molecular formula is C15H19NO. The third-order valence-electron chi connectivity index (χ3n) is 3.05. The SMILES string of the molecule is COCCC(N)Cc1cccc2ccccc12. The molecule has 0 radical (unpaired) electrons. The Kier molecular flexibility index (Phi) is 4.13. The molecule has 1 atom stereocenters. The molecule has 2 aromatic rings. The maximum atomic E-state index is 6.10. The van der Waals surface area contributed by atoms with Crippen LogP contribution >= 0.6 is 0 Å². The molecule has 2 heteroatoms. The Morgan fingerprint density at radius 3 is 2.71 bits per heavy atom. The van der Waals surface area contributed by atoms with Crippen LogP contribution in [-0.4, -0.2) is 19.8 Å². The van der Waals surface area contributed by atoms with Gasteiger partial charge in [0.1, 0.15) is 0 Å². The van der Waals surface area contributed by atoms with E-state index in [2.05, 4.69) is 42.5 Å². The van der Waals surface area contributed by atoms with Gasteiger partial charge in [-0.25, -0.2) is 0 Å². The maximum Gasteiger partial charge on any atom is 0.0477 e. The maximum absolute atomic E-state index is 6.10. The predicted octanol–water partition coefficient (Wildman–Crippen LogP) is 2.75. The lowest BCUT2D eigenvalue weighted by atomic mass is 9.98. The molecule has 17 heavy (non-hydrogen) atoms. The van der Waals surface area contributed by atoms with Crippen molar-refractivity contribution in [2.45, 2.75) is 18.9 Å². The van der Waals surface area contributed by atoms with Crippen molar-refractivity contribution in [3.63, 3.8) is 0 Å². The van der Waals surface area contributed by atoms with Crippen LogP contribution in [-0.2, 0) is 11.2 Å². The molecule has 2 N–H and O–H groups in total. The van der Waals surface area contributed by atoms with Crippen molar-refractivity contribution in [3.05, 3.63) is 48.0 Å². The number of hydrogen-bond donors (Lipinski definition) is 1. The second-order valence-corrected chi connectivity index (χ2v) is 4.38. The molecule has 0 aliphatic heterocycles. The largest absolute Gasteiger partial charge is 0.385 e. The molecule has 0 aliphatic rings. The minimum absolute atomic E-state index is 0.167. The van der Waals surface area contributed by atoms with Gasteiger partial charge in [0.2, 0.25) is 0 Å². The van der Waals surface area contributed by atoms with Gasteiger partial charge < -0.3 is 10.5 Å². The van der Waals surface area contributed by atoms with Crippen molar-refractivity contribution in [1.29, 1.82) is 0 Å². The fourth-order valence-electron chi connectivity index (χ4n) is 2.12. The molecule has 0 saturated carbocycles. The first-order valence-corrected chi connectivity index (χ1v) is 6.02. The van der Waals surface area contributed by atoms with Crippen LogP contribution in [0.2, 0.25) is 0 Å². The molecule has 0 bridgehead atoms. The smallest absolute Gasteiger partial charge is 0.0477 e. The van der Waals surface area contributed by atoms with Crippen LogP contribution in [0.4, 0.5) is 0 Å². The van der Waals surface area contributed by atoms with E-state index in [0.29, 0.717) is 0 Å². The van der Waals surface area contributed by atoms with Gasteiger partial charge >= 0.3 is 0 Å². The van der Waals surface area contributed by atoms with Gasteiger partial charge in [0.25, 0.3) is 0 Å². The summed E-state index contributed by atoms with van der Waals surface area (Å²) < 4.78 is 5.06. The summed E-state index contributed by atoms with van der Waals surface area (Å²) in [6.45, 7) is 0.728. The van der Waals surface area contributed by atoms with E-state index < -0.39 is 0 Å². The zero-order valence-corrected chi connectivity index (χ0v) is 10.2. The van der Waals surface area contributed by atoms with Gasteiger partial charge in [-0.05, 0) is 29.2 Å². The fourth-order valence-corrected chi connectivity index (χ4v) is 2.12. The van der Waals surface area contributed by atoms with Crippen LogP contribution in [0, 0.1) is 0 Å². The van der Waals surface area contributed by atoms with Crippen LogP contribution in [0.1, 0.15) is 12.0 Å². The minimum Gasteiger partial charge on any atom is -0.385 e. The van der Waals surface area contributed by atoms with E-state index in [1.165, 1.54) is 16.3 Å². The lowest BCUT2D eigenvalue weighted by Crippen LogP contribution is -2.24. The summed E-state index contributed by atoms with van der Waals surface area (Å²) in [5, 5.41) is 2.59. The first kappa shape index (κ1) is 12.1. The summed E-state index contributed by atoms with van der Waals surface area (Å²) in [7, 11) is 1.71. The van der Waals surface area contributed by atoms with E-state index in [-0.39, 0.29) is 6.04 Å². The van der Waals surface area contributed by atoms with Crippen molar-refractivity contribution in [2.24, 2.45) is 5.73 Å². The van der Waals surface area contributed by atoms with Crippen LogP contribution in [0.3, 0.4) is 0 Å². The monoisotopic (exact) mass is 229 g/mol. The topological polar surface area (TPSA) is 35.2 Å². The lowest BCUT2D eigenvalue weighted by Gasteiger charge is -2.13. The van der Waals surface area contributed by atoms with Gasteiger partial charge in [-0.15, -0.1) is 0 Å². The summed E-state index contributed by atoms with van der Waals surface area (Å²) in [4.78, 5) is 0. The third-order valence-corrected chi connectivity index (χ3v) is 3.05. The average molecular weight is 229 g/mol. The summed E-state index contributed by atoms with van der Waals surface area (Å²) in [6, 6.07) is 15.0. The first-order chi connectivity index (χ1) is 8.31. The highest BCUT2D eigenvalue weighted by atomic mass is 16.5. The first-order valence-electron chi connectivity index (χ1n) is 6.02. The lowest BCUT2D eigenvalue weighted by molar-refractivity contribution is 0.188. The highest BCUT2D eigenvalue weighted by Gasteiger charge is 2.06. The predicted molar refractivity (Wildman–Crippen MR) is 72.1 cm³/mol. The Hall–Kier alpha value is -1.38. The van der Waals surface area contributed by atoms with Crippen molar-refractivity contribution < 1.29 is 4.74 Å². The fraction of sp³-hybridized carbons (Fsp3) is 0.333. The molecule has 2 rings (SSSR count). The Bertz CT molecular complexity index is 476. The number of nitrogens with two attached hydrogens (primary N) is 1. The second kappa shape index (κ2) is 5.80. The van der Waals surface area contributed by atoms with Crippen molar-refractivity contribution in [3.8, 4) is 0 Å². The van der Waals surface area contributed by atoms with Gasteiger partial charge in [-0.1, -0.05) is 42.5 Å². The number of rotatable bonds is 5. The zero-order valence-electron chi connectivity index (χ0n) is 10.2. The Balaban J connectivity index is 2.18. The molecule has 0 heterocycles. The van der Waals surface area contributed by atoms with Crippen LogP contribution < -0.4 is 5.73 Å². The van der Waals surface area contributed by atoms with Crippen molar-refractivity contribution in [2.75, 3.05) is 13.7 Å². The molecule has 0 aromatic heterocycles. The molecule has 0 amide bonds. The van der Waals surface area contributed by atoms with Crippen molar-refractivity contribution in [1.82, 2.24) is 0 Å². The number of benzene rings is 2. The van der Waals surface area contributed by atoms with E-state index >= 15 is 0 Å². The molecule has 2 nitrogen and oxygen atoms in total. The number of hydrogen-bond acceptors (Lipinski definition) is 2. The normalized spacial score (nSPS) is 12.8. The van der Waals surface area contributed by atoms with Gasteiger partial charge in [0.15, 0.2) is 0 Å². The van der Waals surface area contributed by atoms with Crippen LogP contribution in [0.25, 0.3) is 10.8 Å². The Morgan fingerprint density at radius 2 is 1.88 bits per heavy atom. The number of ether oxygens (including phenoxy) is 1. The average Bonchev–Trinajstić information content (AvgIpc) is 2.37. The summed E-state index contributed by atoms with van der Waals surface area (Å²) >= 11 is 0. The van der Waals surface area contributed by atoms with E-state index in [9.17, 15) is 0 Å². The highest BCUT2D eigenvalue weighted by Crippen LogP contribution is 2.19. The standard InChI is InChI=1S/C15H19NO/c1-17-10-9-14(16)11-13-7-4-6-12-5-2-3-8-15(12)13/h2-8,14H,9-11,16H2,1H3. The Labute approximate surface area is 102 Å². The van der Waals surface area contributed by atoms with Gasteiger partial charge in [0.05, 0.1) is 0 Å².